The monoisotopic (exact) mass is 280 g/mol. The summed E-state index contributed by atoms with van der Waals surface area (Å²) in [7, 11) is 0. The standard InChI is InChI=1S/C16H16N4O/c1-16(2,3)14-15(21)19-13-11(18-14)9-17-20-12(13)10-7-5-4-6-8-10/h4-9H,1-3H3,(H,19,21). The Labute approximate surface area is 122 Å². The third kappa shape index (κ3) is 2.42. The van der Waals surface area contributed by atoms with Crippen LogP contribution in [0.2, 0.25) is 0 Å². The SMILES string of the molecule is CC(C)(C)c1nc2cnnc(-c3ccccc3)c2[nH]c1=O. The molecule has 0 saturated carbocycles. The zero-order valence-corrected chi connectivity index (χ0v) is 12.2. The molecule has 0 atom stereocenters. The maximum Gasteiger partial charge on any atom is 0.270 e. The molecule has 0 amide bonds. The van der Waals surface area contributed by atoms with Crippen LogP contribution in [0, 0.1) is 0 Å². The topological polar surface area (TPSA) is 71.5 Å². The lowest BCUT2D eigenvalue weighted by molar-refractivity contribution is 0.562. The zero-order chi connectivity index (χ0) is 15.0. The van der Waals surface area contributed by atoms with E-state index in [0.717, 1.165) is 5.56 Å². The van der Waals surface area contributed by atoms with E-state index in [2.05, 4.69) is 20.2 Å². The minimum Gasteiger partial charge on any atom is -0.317 e. The van der Waals surface area contributed by atoms with Gasteiger partial charge >= 0.3 is 0 Å². The number of aromatic amines is 1. The Kier molecular flexibility index (Phi) is 3.05. The highest BCUT2D eigenvalue weighted by molar-refractivity contribution is 5.87. The number of nitrogens with one attached hydrogen (secondary N) is 1. The van der Waals surface area contributed by atoms with Crippen LogP contribution in [0.15, 0.2) is 41.3 Å². The van der Waals surface area contributed by atoms with Crippen LogP contribution in [0.4, 0.5) is 0 Å². The van der Waals surface area contributed by atoms with E-state index in [1.807, 2.05) is 51.1 Å². The van der Waals surface area contributed by atoms with Crippen molar-refractivity contribution in [3.63, 3.8) is 0 Å². The molecule has 106 valence electrons. The number of hydrogen-bond donors (Lipinski definition) is 1. The van der Waals surface area contributed by atoms with Crippen molar-refractivity contribution in [2.45, 2.75) is 26.2 Å². The quantitative estimate of drug-likeness (QED) is 0.744. The summed E-state index contributed by atoms with van der Waals surface area (Å²) in [6.45, 7) is 5.88. The van der Waals surface area contributed by atoms with Gasteiger partial charge in [-0.15, -0.1) is 5.10 Å². The molecule has 1 aromatic carbocycles. The second-order valence-electron chi connectivity index (χ2n) is 5.98. The molecule has 0 radical (unpaired) electrons. The Morgan fingerprint density at radius 2 is 1.81 bits per heavy atom. The predicted octanol–water partition coefficient (Wildman–Crippen LogP) is 2.68. The number of fused-ring (bicyclic) bond motifs is 1. The third-order valence-electron chi connectivity index (χ3n) is 3.27. The molecule has 3 rings (SSSR count). The van der Waals surface area contributed by atoms with Crippen LogP contribution < -0.4 is 5.56 Å². The van der Waals surface area contributed by atoms with Crippen molar-refractivity contribution in [1.29, 1.82) is 0 Å². The van der Waals surface area contributed by atoms with Crippen molar-refractivity contribution >= 4 is 11.0 Å². The zero-order valence-electron chi connectivity index (χ0n) is 12.2. The van der Waals surface area contributed by atoms with Gasteiger partial charge in [-0.25, -0.2) is 4.98 Å². The molecular weight excluding hydrogens is 264 g/mol. The van der Waals surface area contributed by atoms with Crippen molar-refractivity contribution in [2.24, 2.45) is 0 Å². The molecule has 2 aromatic heterocycles. The molecule has 5 nitrogen and oxygen atoms in total. The smallest absolute Gasteiger partial charge is 0.270 e. The van der Waals surface area contributed by atoms with E-state index in [1.165, 1.54) is 0 Å². The second kappa shape index (κ2) is 4.77. The Morgan fingerprint density at radius 3 is 2.48 bits per heavy atom. The van der Waals surface area contributed by atoms with Crippen LogP contribution >= 0.6 is 0 Å². The Bertz CT molecular complexity index is 848. The van der Waals surface area contributed by atoms with Crippen LogP contribution in [0.25, 0.3) is 22.3 Å². The van der Waals surface area contributed by atoms with Gasteiger partial charge in [0, 0.05) is 11.0 Å². The molecule has 2 heterocycles. The number of H-pyrrole nitrogens is 1. The normalized spacial score (nSPS) is 11.8. The first-order chi connectivity index (χ1) is 9.97. The van der Waals surface area contributed by atoms with Crippen LogP contribution in [-0.2, 0) is 5.41 Å². The molecule has 21 heavy (non-hydrogen) atoms. The first-order valence-electron chi connectivity index (χ1n) is 6.78. The molecule has 5 heteroatoms. The van der Waals surface area contributed by atoms with Crippen LogP contribution in [0.1, 0.15) is 26.5 Å². The van der Waals surface area contributed by atoms with E-state index in [-0.39, 0.29) is 11.0 Å². The molecule has 0 aliphatic heterocycles. The van der Waals surface area contributed by atoms with Gasteiger partial charge in [0.15, 0.2) is 0 Å². The molecule has 0 bridgehead atoms. The fourth-order valence-corrected chi connectivity index (χ4v) is 2.24. The first-order valence-corrected chi connectivity index (χ1v) is 6.78. The Morgan fingerprint density at radius 1 is 1.10 bits per heavy atom. The number of benzene rings is 1. The summed E-state index contributed by atoms with van der Waals surface area (Å²) in [5.41, 5.74) is 2.80. The maximum absolute atomic E-state index is 12.3. The van der Waals surface area contributed by atoms with Gasteiger partial charge in [0.25, 0.3) is 5.56 Å². The number of aromatic nitrogens is 4. The van der Waals surface area contributed by atoms with Gasteiger partial charge in [-0.2, -0.15) is 5.10 Å². The van der Waals surface area contributed by atoms with Crippen molar-refractivity contribution in [3.05, 3.63) is 52.6 Å². The van der Waals surface area contributed by atoms with Gasteiger partial charge in [0.2, 0.25) is 0 Å². The predicted molar refractivity (Wildman–Crippen MR) is 82.1 cm³/mol. The average Bonchev–Trinajstić information content (AvgIpc) is 2.46. The Hall–Kier alpha value is -2.56. The average molecular weight is 280 g/mol. The highest BCUT2D eigenvalue weighted by Gasteiger charge is 2.21. The van der Waals surface area contributed by atoms with E-state index >= 15 is 0 Å². The fourth-order valence-electron chi connectivity index (χ4n) is 2.24. The number of nitrogens with zero attached hydrogens (tertiary/aromatic N) is 3. The van der Waals surface area contributed by atoms with Crippen LogP contribution in [0.5, 0.6) is 0 Å². The van der Waals surface area contributed by atoms with E-state index in [4.69, 9.17) is 0 Å². The lowest BCUT2D eigenvalue weighted by Crippen LogP contribution is -2.26. The molecule has 0 spiro atoms. The van der Waals surface area contributed by atoms with Crippen molar-refractivity contribution < 1.29 is 0 Å². The number of hydrogen-bond acceptors (Lipinski definition) is 4. The Balaban J connectivity index is 2.31. The van der Waals surface area contributed by atoms with E-state index in [1.54, 1.807) is 6.20 Å². The fraction of sp³-hybridized carbons (Fsp3) is 0.250. The summed E-state index contributed by atoms with van der Waals surface area (Å²) in [5.74, 6) is 0. The van der Waals surface area contributed by atoms with E-state index in [9.17, 15) is 4.79 Å². The minimum atomic E-state index is -0.321. The van der Waals surface area contributed by atoms with Gasteiger partial charge < -0.3 is 4.98 Å². The summed E-state index contributed by atoms with van der Waals surface area (Å²) in [6.07, 6.45) is 1.58. The maximum atomic E-state index is 12.3. The molecule has 0 aliphatic carbocycles. The molecule has 0 aliphatic rings. The summed E-state index contributed by atoms with van der Waals surface area (Å²) >= 11 is 0. The largest absolute Gasteiger partial charge is 0.317 e. The molecule has 0 unspecified atom stereocenters. The number of rotatable bonds is 1. The molecule has 3 aromatic rings. The van der Waals surface area contributed by atoms with Crippen molar-refractivity contribution in [3.8, 4) is 11.3 Å². The van der Waals surface area contributed by atoms with E-state index in [0.29, 0.717) is 22.4 Å². The van der Waals surface area contributed by atoms with Gasteiger partial charge in [0.1, 0.15) is 16.9 Å². The molecule has 1 N–H and O–H groups in total. The lowest BCUT2D eigenvalue weighted by atomic mass is 9.92. The summed E-state index contributed by atoms with van der Waals surface area (Å²) in [6, 6.07) is 9.63. The van der Waals surface area contributed by atoms with Crippen molar-refractivity contribution in [2.75, 3.05) is 0 Å². The summed E-state index contributed by atoms with van der Waals surface area (Å²) in [5, 5.41) is 8.16. The lowest BCUT2D eigenvalue weighted by Gasteiger charge is -2.16. The highest BCUT2D eigenvalue weighted by Crippen LogP contribution is 2.24. The van der Waals surface area contributed by atoms with Crippen LogP contribution in [-0.4, -0.2) is 20.2 Å². The first kappa shape index (κ1) is 13.4. The van der Waals surface area contributed by atoms with E-state index < -0.39 is 0 Å². The second-order valence-corrected chi connectivity index (χ2v) is 5.98. The highest BCUT2D eigenvalue weighted by atomic mass is 16.1. The molecule has 0 fully saturated rings. The van der Waals surface area contributed by atoms with Crippen LogP contribution in [0.3, 0.4) is 0 Å². The van der Waals surface area contributed by atoms with Gasteiger partial charge in [-0.1, -0.05) is 51.1 Å². The molecular formula is C16H16N4O. The summed E-state index contributed by atoms with van der Waals surface area (Å²) in [4.78, 5) is 19.7. The van der Waals surface area contributed by atoms with Gasteiger partial charge in [0.05, 0.1) is 11.7 Å². The van der Waals surface area contributed by atoms with Crippen molar-refractivity contribution in [1.82, 2.24) is 20.2 Å². The molecule has 0 saturated heterocycles. The van der Waals surface area contributed by atoms with Gasteiger partial charge in [-0.05, 0) is 0 Å². The van der Waals surface area contributed by atoms with Gasteiger partial charge in [-0.3, -0.25) is 4.79 Å². The minimum absolute atomic E-state index is 0.180. The third-order valence-corrected chi connectivity index (χ3v) is 3.27. The summed E-state index contributed by atoms with van der Waals surface area (Å²) < 4.78 is 0.